The minimum absolute atomic E-state index is 0.0434. The first-order chi connectivity index (χ1) is 12.1. The molecule has 0 spiro atoms. The number of carbonyl (C=O) groups excluding carboxylic acids is 1. The fourth-order valence-electron chi connectivity index (χ4n) is 3.18. The lowest BCUT2D eigenvalue weighted by atomic mass is 9.83. The highest BCUT2D eigenvalue weighted by Crippen LogP contribution is 2.28. The van der Waals surface area contributed by atoms with Gasteiger partial charge in [0.15, 0.2) is 0 Å². The zero-order valence-corrected chi connectivity index (χ0v) is 16.3. The summed E-state index contributed by atoms with van der Waals surface area (Å²) in [5.74, 6) is 0.958. The van der Waals surface area contributed by atoms with Crippen molar-refractivity contribution in [3.05, 3.63) is 52.5 Å². The van der Waals surface area contributed by atoms with Gasteiger partial charge in [-0.15, -0.1) is 0 Å². The minimum Gasteiger partial charge on any atom is -0.326 e. The van der Waals surface area contributed by atoms with E-state index in [1.807, 2.05) is 0 Å². The highest BCUT2D eigenvalue weighted by Gasteiger charge is 2.20. The topological polar surface area (TPSA) is 29.1 Å². The van der Waals surface area contributed by atoms with E-state index in [9.17, 15) is 4.79 Å². The van der Waals surface area contributed by atoms with E-state index in [-0.39, 0.29) is 5.91 Å². The van der Waals surface area contributed by atoms with E-state index in [0.29, 0.717) is 34.0 Å². The molecule has 2 rings (SSSR count). The quantitative estimate of drug-likeness (QED) is 0.560. The summed E-state index contributed by atoms with van der Waals surface area (Å²) in [6, 6.07) is 5.18. The molecule has 1 amide bonds. The zero-order valence-electron chi connectivity index (χ0n) is 14.8. The summed E-state index contributed by atoms with van der Waals surface area (Å²) >= 11 is 11.9. The summed E-state index contributed by atoms with van der Waals surface area (Å²) in [5.41, 5.74) is 0.697. The van der Waals surface area contributed by atoms with Crippen LogP contribution in [0.3, 0.4) is 0 Å². The summed E-state index contributed by atoms with van der Waals surface area (Å²) in [5, 5.41) is 3.90. The maximum absolute atomic E-state index is 12.5. The Balaban J connectivity index is 1.95. The van der Waals surface area contributed by atoms with Crippen LogP contribution >= 0.6 is 23.2 Å². The van der Waals surface area contributed by atoms with Gasteiger partial charge in [-0.2, -0.15) is 0 Å². The van der Waals surface area contributed by atoms with Gasteiger partial charge in [-0.25, -0.2) is 0 Å². The van der Waals surface area contributed by atoms with E-state index in [1.165, 1.54) is 0 Å². The number of hydrogen-bond acceptors (Lipinski definition) is 1. The fourth-order valence-corrected chi connectivity index (χ4v) is 3.48. The van der Waals surface area contributed by atoms with Gasteiger partial charge in [0.1, 0.15) is 0 Å². The molecular weight excluding hydrogens is 353 g/mol. The molecule has 0 unspecified atom stereocenters. The number of hydrogen-bond donors (Lipinski definition) is 1. The standard InChI is InChI=1S/C21H27Cl2NO/c1-16-10-8-6-4-2-3-5-7-9-11-17(16)14-21(25)24-18-12-13-19(22)20(23)15-18/h4-7,12-13,15-17H,2-3,8-11,14H2,1H3,(H,24,25)/b6-4+,7-5-/t16-,17+/m1/s1. The minimum atomic E-state index is 0.0434. The summed E-state index contributed by atoms with van der Waals surface area (Å²) in [6.45, 7) is 2.26. The van der Waals surface area contributed by atoms with Gasteiger partial charge in [-0.05, 0) is 68.6 Å². The van der Waals surface area contributed by atoms with Crippen LogP contribution in [0.2, 0.25) is 10.0 Å². The molecule has 0 saturated carbocycles. The Labute approximate surface area is 161 Å². The van der Waals surface area contributed by atoms with Crippen LogP contribution in [0.4, 0.5) is 5.69 Å². The Kier molecular flexibility index (Phi) is 8.57. The maximum Gasteiger partial charge on any atom is 0.224 e. The van der Waals surface area contributed by atoms with Crippen LogP contribution in [-0.2, 0) is 4.79 Å². The molecule has 1 N–H and O–H groups in total. The molecule has 0 aromatic heterocycles. The van der Waals surface area contributed by atoms with Crippen molar-refractivity contribution in [1.82, 2.24) is 0 Å². The van der Waals surface area contributed by atoms with Crippen LogP contribution in [-0.4, -0.2) is 5.91 Å². The average molecular weight is 380 g/mol. The fraction of sp³-hybridized carbons (Fsp3) is 0.476. The first kappa shape index (κ1) is 20.1. The van der Waals surface area contributed by atoms with Gasteiger partial charge < -0.3 is 5.32 Å². The van der Waals surface area contributed by atoms with Crippen molar-refractivity contribution >= 4 is 34.8 Å². The van der Waals surface area contributed by atoms with Gasteiger partial charge in [-0.1, -0.05) is 54.4 Å². The summed E-state index contributed by atoms with van der Waals surface area (Å²) in [7, 11) is 0. The van der Waals surface area contributed by atoms with Gasteiger partial charge in [0.2, 0.25) is 5.91 Å². The van der Waals surface area contributed by atoms with Crippen molar-refractivity contribution in [3.8, 4) is 0 Å². The van der Waals surface area contributed by atoms with Crippen molar-refractivity contribution in [2.45, 2.75) is 51.9 Å². The average Bonchev–Trinajstić information content (AvgIpc) is 2.57. The molecule has 0 aliphatic heterocycles. The number of amides is 1. The van der Waals surface area contributed by atoms with E-state index in [1.54, 1.807) is 18.2 Å². The van der Waals surface area contributed by atoms with Crippen LogP contribution in [0.15, 0.2) is 42.5 Å². The highest BCUT2D eigenvalue weighted by molar-refractivity contribution is 6.42. The SMILES string of the molecule is C[C@@H]1CC/C=C/CC/C=C\CC[C@H]1CC(=O)Nc1ccc(Cl)c(Cl)c1. The molecule has 1 aromatic carbocycles. The second-order valence-electron chi connectivity index (χ2n) is 6.79. The number of allylic oxidation sites excluding steroid dienone is 4. The first-order valence-electron chi connectivity index (χ1n) is 9.11. The molecule has 4 heteroatoms. The number of rotatable bonds is 3. The van der Waals surface area contributed by atoms with Crippen LogP contribution in [0, 0.1) is 11.8 Å². The van der Waals surface area contributed by atoms with Gasteiger partial charge in [-0.3, -0.25) is 4.79 Å². The number of nitrogens with one attached hydrogen (secondary N) is 1. The van der Waals surface area contributed by atoms with E-state index in [2.05, 4.69) is 36.5 Å². The zero-order chi connectivity index (χ0) is 18.1. The van der Waals surface area contributed by atoms with Gasteiger partial charge in [0.25, 0.3) is 0 Å². The molecule has 0 bridgehead atoms. The summed E-state index contributed by atoms with van der Waals surface area (Å²) in [6.07, 6.45) is 16.1. The Bertz CT molecular complexity index is 624. The van der Waals surface area contributed by atoms with Crippen molar-refractivity contribution < 1.29 is 4.79 Å². The van der Waals surface area contributed by atoms with E-state index >= 15 is 0 Å². The Hall–Kier alpha value is -1.25. The van der Waals surface area contributed by atoms with Crippen LogP contribution in [0.1, 0.15) is 51.9 Å². The Morgan fingerprint density at radius 1 is 1.00 bits per heavy atom. The number of anilines is 1. The maximum atomic E-state index is 12.5. The molecule has 1 aromatic rings. The largest absolute Gasteiger partial charge is 0.326 e. The molecule has 2 atom stereocenters. The van der Waals surface area contributed by atoms with E-state index < -0.39 is 0 Å². The number of halogens is 2. The molecular formula is C21H27Cl2NO. The van der Waals surface area contributed by atoms with Crippen molar-refractivity contribution in [2.75, 3.05) is 5.32 Å². The van der Waals surface area contributed by atoms with Gasteiger partial charge in [0, 0.05) is 12.1 Å². The van der Waals surface area contributed by atoms with Crippen molar-refractivity contribution in [2.24, 2.45) is 11.8 Å². The lowest BCUT2D eigenvalue weighted by Crippen LogP contribution is -2.21. The smallest absolute Gasteiger partial charge is 0.224 e. The molecule has 0 fully saturated rings. The summed E-state index contributed by atoms with van der Waals surface area (Å²) in [4.78, 5) is 12.5. The second kappa shape index (κ2) is 10.7. The lowest BCUT2D eigenvalue weighted by Gasteiger charge is -2.23. The molecule has 136 valence electrons. The Morgan fingerprint density at radius 3 is 2.32 bits per heavy atom. The van der Waals surface area contributed by atoms with Gasteiger partial charge >= 0.3 is 0 Å². The molecule has 1 aliphatic carbocycles. The van der Waals surface area contributed by atoms with Crippen LogP contribution in [0.25, 0.3) is 0 Å². The lowest BCUT2D eigenvalue weighted by molar-refractivity contribution is -0.117. The molecule has 0 heterocycles. The molecule has 2 nitrogen and oxygen atoms in total. The third kappa shape index (κ3) is 7.25. The molecule has 25 heavy (non-hydrogen) atoms. The monoisotopic (exact) mass is 379 g/mol. The molecule has 1 aliphatic rings. The normalized spacial score (nSPS) is 24.6. The predicted octanol–water partition coefficient (Wildman–Crippen LogP) is 7.04. The van der Waals surface area contributed by atoms with E-state index in [0.717, 1.165) is 38.5 Å². The van der Waals surface area contributed by atoms with Gasteiger partial charge in [0.05, 0.1) is 10.0 Å². The second-order valence-corrected chi connectivity index (χ2v) is 7.61. The van der Waals surface area contributed by atoms with Crippen molar-refractivity contribution in [3.63, 3.8) is 0 Å². The third-order valence-corrected chi connectivity index (χ3v) is 5.52. The Morgan fingerprint density at radius 2 is 1.64 bits per heavy atom. The van der Waals surface area contributed by atoms with Crippen LogP contribution < -0.4 is 5.32 Å². The van der Waals surface area contributed by atoms with Crippen LogP contribution in [0.5, 0.6) is 0 Å². The third-order valence-electron chi connectivity index (χ3n) is 4.78. The number of carbonyl (C=O) groups is 1. The highest BCUT2D eigenvalue weighted by atomic mass is 35.5. The molecule has 0 saturated heterocycles. The van der Waals surface area contributed by atoms with Crippen molar-refractivity contribution in [1.29, 1.82) is 0 Å². The predicted molar refractivity (Wildman–Crippen MR) is 108 cm³/mol. The molecule has 0 radical (unpaired) electrons. The summed E-state index contributed by atoms with van der Waals surface area (Å²) < 4.78 is 0. The first-order valence-corrected chi connectivity index (χ1v) is 9.86. The van der Waals surface area contributed by atoms with E-state index in [4.69, 9.17) is 23.2 Å². The number of benzene rings is 1.